The number of aliphatic hydroxyl groups excluding tert-OH is 1. The molecule has 2 aliphatic rings. The first kappa shape index (κ1) is 13.4. The van der Waals surface area contributed by atoms with Crippen LogP contribution in [0.5, 0.6) is 0 Å². The summed E-state index contributed by atoms with van der Waals surface area (Å²) in [5.74, 6) is 2.10. The van der Waals surface area contributed by atoms with Crippen LogP contribution in [0.15, 0.2) is 0 Å². The maximum Gasteiger partial charge on any atom is 0.0601 e. The van der Waals surface area contributed by atoms with Crippen molar-refractivity contribution in [3.63, 3.8) is 0 Å². The molecule has 1 nitrogen and oxygen atoms in total. The molecule has 2 atom stereocenters. The molecule has 0 heterocycles. The predicted molar refractivity (Wildman–Crippen MR) is 72.9 cm³/mol. The van der Waals surface area contributed by atoms with E-state index in [4.69, 9.17) is 0 Å². The molecule has 0 spiro atoms. The van der Waals surface area contributed by atoms with E-state index in [1.54, 1.807) is 0 Å². The van der Waals surface area contributed by atoms with E-state index in [-0.39, 0.29) is 6.10 Å². The van der Waals surface area contributed by atoms with Crippen molar-refractivity contribution in [2.45, 2.75) is 78.2 Å². The van der Waals surface area contributed by atoms with Gasteiger partial charge in [-0.3, -0.25) is 0 Å². The topological polar surface area (TPSA) is 20.2 Å². The fourth-order valence-electron chi connectivity index (χ4n) is 4.25. The average Bonchev–Trinajstić information content (AvgIpc) is 2.68. The second-order valence-corrected chi connectivity index (χ2v) is 7.17. The highest BCUT2D eigenvalue weighted by molar-refractivity contribution is 4.92. The van der Waals surface area contributed by atoms with E-state index in [0.29, 0.717) is 17.3 Å². The molecular formula is C16H30O. The van der Waals surface area contributed by atoms with Crippen molar-refractivity contribution < 1.29 is 5.11 Å². The first-order chi connectivity index (χ1) is 8.04. The highest BCUT2D eigenvalue weighted by Crippen LogP contribution is 2.47. The summed E-state index contributed by atoms with van der Waals surface area (Å²) in [6.45, 7) is 7.01. The average molecular weight is 238 g/mol. The Bertz CT molecular complexity index is 238. The van der Waals surface area contributed by atoms with Crippen LogP contribution in [-0.4, -0.2) is 11.2 Å². The summed E-state index contributed by atoms with van der Waals surface area (Å²) in [4.78, 5) is 0. The SMILES string of the molecule is CCC1CCC(C(O)C2CCCC2(C)C)CC1. The van der Waals surface area contributed by atoms with Crippen LogP contribution >= 0.6 is 0 Å². The molecule has 17 heavy (non-hydrogen) atoms. The normalized spacial score (nSPS) is 39.2. The van der Waals surface area contributed by atoms with Gasteiger partial charge in [-0.05, 0) is 48.9 Å². The van der Waals surface area contributed by atoms with Crippen LogP contribution < -0.4 is 0 Å². The van der Waals surface area contributed by atoms with Crippen molar-refractivity contribution in [3.05, 3.63) is 0 Å². The third kappa shape index (κ3) is 2.86. The molecule has 0 amide bonds. The first-order valence-electron chi connectivity index (χ1n) is 7.72. The molecule has 2 fully saturated rings. The quantitative estimate of drug-likeness (QED) is 0.773. The molecule has 1 N–H and O–H groups in total. The molecule has 0 radical (unpaired) electrons. The maximum absolute atomic E-state index is 10.7. The van der Waals surface area contributed by atoms with E-state index in [2.05, 4.69) is 20.8 Å². The van der Waals surface area contributed by atoms with Crippen molar-refractivity contribution in [3.8, 4) is 0 Å². The third-order valence-corrected chi connectivity index (χ3v) is 5.70. The van der Waals surface area contributed by atoms with Crippen molar-refractivity contribution in [2.75, 3.05) is 0 Å². The van der Waals surface area contributed by atoms with Crippen LogP contribution in [0.1, 0.15) is 72.1 Å². The minimum atomic E-state index is -0.0229. The van der Waals surface area contributed by atoms with Gasteiger partial charge in [-0.1, -0.05) is 46.5 Å². The van der Waals surface area contributed by atoms with E-state index < -0.39 is 0 Å². The summed E-state index contributed by atoms with van der Waals surface area (Å²) >= 11 is 0. The van der Waals surface area contributed by atoms with Crippen LogP contribution in [-0.2, 0) is 0 Å². The number of hydrogen-bond donors (Lipinski definition) is 1. The second-order valence-electron chi connectivity index (χ2n) is 7.17. The van der Waals surface area contributed by atoms with Crippen molar-refractivity contribution in [1.82, 2.24) is 0 Å². The lowest BCUT2D eigenvalue weighted by atomic mass is 9.70. The predicted octanol–water partition coefficient (Wildman–Crippen LogP) is 4.39. The summed E-state index contributed by atoms with van der Waals surface area (Å²) in [5.41, 5.74) is 0.376. The summed E-state index contributed by atoms with van der Waals surface area (Å²) in [5, 5.41) is 10.7. The Kier molecular flexibility index (Phi) is 4.18. The van der Waals surface area contributed by atoms with E-state index >= 15 is 0 Å². The Morgan fingerprint density at radius 1 is 1.12 bits per heavy atom. The molecule has 0 aliphatic heterocycles. The van der Waals surface area contributed by atoms with E-state index in [1.165, 1.54) is 51.4 Å². The van der Waals surface area contributed by atoms with Crippen molar-refractivity contribution in [1.29, 1.82) is 0 Å². The molecule has 0 saturated heterocycles. The molecule has 0 aromatic rings. The maximum atomic E-state index is 10.7. The largest absolute Gasteiger partial charge is 0.393 e. The molecule has 2 rings (SSSR count). The van der Waals surface area contributed by atoms with Crippen LogP contribution in [0.2, 0.25) is 0 Å². The molecule has 100 valence electrons. The van der Waals surface area contributed by atoms with Crippen LogP contribution in [0, 0.1) is 23.2 Å². The van der Waals surface area contributed by atoms with Crippen molar-refractivity contribution in [2.24, 2.45) is 23.2 Å². The standard InChI is InChI=1S/C16H30O/c1-4-12-7-9-13(10-8-12)15(17)14-6-5-11-16(14,2)3/h12-15,17H,4-11H2,1-3H3. The summed E-state index contributed by atoms with van der Waals surface area (Å²) in [6, 6.07) is 0. The van der Waals surface area contributed by atoms with Gasteiger partial charge in [-0.25, -0.2) is 0 Å². The second kappa shape index (κ2) is 5.30. The van der Waals surface area contributed by atoms with Gasteiger partial charge in [0, 0.05) is 0 Å². The lowest BCUT2D eigenvalue weighted by Gasteiger charge is -2.38. The molecule has 0 bridgehead atoms. The number of hydrogen-bond acceptors (Lipinski definition) is 1. The van der Waals surface area contributed by atoms with Crippen LogP contribution in [0.3, 0.4) is 0 Å². The van der Waals surface area contributed by atoms with Gasteiger partial charge in [0.25, 0.3) is 0 Å². The zero-order chi connectivity index (χ0) is 12.5. The van der Waals surface area contributed by atoms with Crippen LogP contribution in [0.4, 0.5) is 0 Å². The van der Waals surface area contributed by atoms with Gasteiger partial charge in [0.1, 0.15) is 0 Å². The zero-order valence-electron chi connectivity index (χ0n) is 11.9. The van der Waals surface area contributed by atoms with Gasteiger partial charge in [0.15, 0.2) is 0 Å². The van der Waals surface area contributed by atoms with E-state index in [1.807, 2.05) is 0 Å². The Morgan fingerprint density at radius 2 is 1.76 bits per heavy atom. The minimum Gasteiger partial charge on any atom is -0.393 e. The zero-order valence-corrected chi connectivity index (χ0v) is 11.9. The van der Waals surface area contributed by atoms with Gasteiger partial charge in [0.2, 0.25) is 0 Å². The summed E-state index contributed by atoms with van der Waals surface area (Å²) in [7, 11) is 0. The highest BCUT2D eigenvalue weighted by Gasteiger charge is 2.42. The highest BCUT2D eigenvalue weighted by atomic mass is 16.3. The van der Waals surface area contributed by atoms with Gasteiger partial charge in [0.05, 0.1) is 6.10 Å². The van der Waals surface area contributed by atoms with Crippen molar-refractivity contribution >= 4 is 0 Å². The molecule has 2 aliphatic carbocycles. The van der Waals surface area contributed by atoms with E-state index in [9.17, 15) is 5.11 Å². The molecule has 1 heteroatoms. The number of rotatable bonds is 3. The Labute approximate surface area is 107 Å². The fraction of sp³-hybridized carbons (Fsp3) is 1.00. The lowest BCUT2D eigenvalue weighted by molar-refractivity contribution is -0.00874. The Hall–Kier alpha value is -0.0400. The van der Waals surface area contributed by atoms with E-state index in [0.717, 1.165) is 5.92 Å². The molecule has 0 aromatic heterocycles. The molecular weight excluding hydrogens is 208 g/mol. The number of aliphatic hydroxyl groups is 1. The Balaban J connectivity index is 1.90. The third-order valence-electron chi connectivity index (χ3n) is 5.70. The smallest absolute Gasteiger partial charge is 0.0601 e. The lowest BCUT2D eigenvalue weighted by Crippen LogP contribution is -2.37. The van der Waals surface area contributed by atoms with Gasteiger partial charge in [-0.2, -0.15) is 0 Å². The summed E-state index contributed by atoms with van der Waals surface area (Å²) in [6.07, 6.45) is 10.4. The molecule has 0 aromatic carbocycles. The van der Waals surface area contributed by atoms with Gasteiger partial charge >= 0.3 is 0 Å². The molecule has 2 saturated carbocycles. The first-order valence-corrected chi connectivity index (χ1v) is 7.72. The minimum absolute atomic E-state index is 0.0229. The monoisotopic (exact) mass is 238 g/mol. The summed E-state index contributed by atoms with van der Waals surface area (Å²) < 4.78 is 0. The molecule has 2 unspecified atom stereocenters. The van der Waals surface area contributed by atoms with Gasteiger partial charge < -0.3 is 5.11 Å². The van der Waals surface area contributed by atoms with Crippen LogP contribution in [0.25, 0.3) is 0 Å². The fourth-order valence-corrected chi connectivity index (χ4v) is 4.25. The van der Waals surface area contributed by atoms with Gasteiger partial charge in [-0.15, -0.1) is 0 Å². The Morgan fingerprint density at radius 3 is 2.24 bits per heavy atom.